The van der Waals surface area contributed by atoms with E-state index in [1.807, 2.05) is 13.8 Å². The number of fused-ring (bicyclic) bond motifs is 4. The van der Waals surface area contributed by atoms with E-state index >= 15 is 0 Å². The molecule has 8 rings (SSSR count). The fourth-order valence-electron chi connectivity index (χ4n) is 14.0. The van der Waals surface area contributed by atoms with Crippen LogP contribution in [-0.4, -0.2) is 92.5 Å². The van der Waals surface area contributed by atoms with Gasteiger partial charge in [-0.2, -0.15) is 0 Å². The molecule has 0 aromatic carbocycles. The largest absolute Gasteiger partial charge is 0.393 e. The first kappa shape index (κ1) is 30.9. The van der Waals surface area contributed by atoms with Gasteiger partial charge in [0, 0.05) is 12.3 Å². The van der Waals surface area contributed by atoms with Gasteiger partial charge in [-0.1, -0.05) is 34.6 Å². The quantitative estimate of drug-likeness (QED) is 0.301. The summed E-state index contributed by atoms with van der Waals surface area (Å²) in [5.74, 6) is 0.319. The molecule has 3 unspecified atom stereocenters. The predicted octanol–water partition coefficient (Wildman–Crippen LogP) is 3.12. The maximum absolute atomic E-state index is 12.4. The highest BCUT2D eigenvalue weighted by Gasteiger charge is 2.87. The van der Waals surface area contributed by atoms with Crippen LogP contribution in [-0.2, 0) is 18.9 Å². The van der Waals surface area contributed by atoms with Gasteiger partial charge in [-0.25, -0.2) is 0 Å². The molecule has 8 fully saturated rings. The standard InChI is InChI=1S/C35H56O9/c1-17-12-20-27(30(4,5)40)44-35(43-20)15-32(7)26-18(36)13-21-29(2,3)22(42-28-24(39)23(38)19(37)14-41-28)8-9-33(21)16-34(26,33)11-10-31(32,6)25(17)35/h17-28,36-40H,8-16H2,1-7H3/t17-,18+,19-,20?,21+,22?,23-,24-,25-,26+,27?,28-,31-,32+,33-,34+,35-/m1/s1. The van der Waals surface area contributed by atoms with Gasteiger partial charge in [-0.3, -0.25) is 0 Å². The molecular weight excluding hydrogens is 564 g/mol. The van der Waals surface area contributed by atoms with Crippen LogP contribution >= 0.6 is 0 Å². The van der Waals surface area contributed by atoms with E-state index in [9.17, 15) is 25.5 Å². The van der Waals surface area contributed by atoms with E-state index in [0.29, 0.717) is 12.3 Å². The minimum atomic E-state index is -1.31. The van der Waals surface area contributed by atoms with E-state index in [1.165, 1.54) is 0 Å². The van der Waals surface area contributed by atoms with Crippen molar-refractivity contribution < 1.29 is 44.5 Å². The van der Waals surface area contributed by atoms with E-state index in [4.69, 9.17) is 18.9 Å². The van der Waals surface area contributed by atoms with E-state index in [2.05, 4.69) is 34.6 Å². The summed E-state index contributed by atoms with van der Waals surface area (Å²) in [5, 5.41) is 54.2. The maximum atomic E-state index is 12.4. The lowest BCUT2D eigenvalue weighted by atomic mass is 9.41. The molecule has 0 aromatic heterocycles. The zero-order valence-corrected chi connectivity index (χ0v) is 27.7. The predicted molar refractivity (Wildman–Crippen MR) is 159 cm³/mol. The van der Waals surface area contributed by atoms with E-state index in [-0.39, 0.29) is 69.7 Å². The Bertz CT molecular complexity index is 1200. The SMILES string of the molecule is C[C@@H]1CC2O[C@]3(C[C@@]4(C)[C@@H]5[C@@H](O)C[C@H]6C(C)(C)C(O[C@H]7OC[C@@H](O)[C@@H](O)[C@H]7O)CC[C@@]67C[C@@]57CC[C@]4(C)[C@@H]13)OC2C(C)(C)O. The van der Waals surface area contributed by atoms with Crippen molar-refractivity contribution in [2.75, 3.05) is 6.61 Å². The fourth-order valence-corrected chi connectivity index (χ4v) is 14.0. The summed E-state index contributed by atoms with van der Waals surface area (Å²) in [6, 6.07) is 0. The minimum Gasteiger partial charge on any atom is -0.393 e. The summed E-state index contributed by atoms with van der Waals surface area (Å²) < 4.78 is 25.9. The zero-order valence-electron chi connectivity index (χ0n) is 27.7. The van der Waals surface area contributed by atoms with Crippen molar-refractivity contribution in [3.8, 4) is 0 Å². The molecule has 5 aliphatic carbocycles. The zero-order chi connectivity index (χ0) is 31.6. The van der Waals surface area contributed by atoms with Gasteiger partial charge in [0.15, 0.2) is 12.1 Å². The molecule has 3 spiro atoms. The highest BCUT2D eigenvalue weighted by molar-refractivity contribution is 5.34. The molecular formula is C35H56O9. The monoisotopic (exact) mass is 620 g/mol. The lowest BCUT2D eigenvalue weighted by Crippen LogP contribution is -2.63. The number of ether oxygens (including phenoxy) is 4. The van der Waals surface area contributed by atoms with E-state index in [1.54, 1.807) is 0 Å². The minimum absolute atomic E-state index is 0.0465. The van der Waals surface area contributed by atoms with Crippen LogP contribution in [0.25, 0.3) is 0 Å². The molecule has 44 heavy (non-hydrogen) atoms. The molecule has 8 aliphatic rings. The van der Waals surface area contributed by atoms with Crippen molar-refractivity contribution in [1.29, 1.82) is 0 Å². The normalized spacial score (nSPS) is 62.2. The van der Waals surface area contributed by atoms with Crippen LogP contribution in [0.5, 0.6) is 0 Å². The van der Waals surface area contributed by atoms with Crippen molar-refractivity contribution in [2.45, 2.75) is 160 Å². The van der Waals surface area contributed by atoms with Gasteiger partial charge in [0.25, 0.3) is 0 Å². The number of aliphatic hydroxyl groups excluding tert-OH is 4. The summed E-state index contributed by atoms with van der Waals surface area (Å²) in [6.07, 6.45) is 1.70. The molecule has 17 atom stereocenters. The first-order valence-electron chi connectivity index (χ1n) is 17.4. The number of hydrogen-bond donors (Lipinski definition) is 5. The van der Waals surface area contributed by atoms with Crippen molar-refractivity contribution in [1.82, 2.24) is 0 Å². The Morgan fingerprint density at radius 3 is 2.23 bits per heavy atom. The van der Waals surface area contributed by atoms with E-state index in [0.717, 1.165) is 44.9 Å². The summed E-state index contributed by atoms with van der Waals surface area (Å²) in [7, 11) is 0. The molecule has 9 nitrogen and oxygen atoms in total. The van der Waals surface area contributed by atoms with Crippen molar-refractivity contribution in [2.24, 2.45) is 50.7 Å². The van der Waals surface area contributed by atoms with Gasteiger partial charge in [0.05, 0.1) is 30.5 Å². The molecule has 3 saturated heterocycles. The molecule has 5 N–H and O–H groups in total. The molecule has 0 radical (unpaired) electrons. The second-order valence-electron chi connectivity index (χ2n) is 18.4. The van der Waals surface area contributed by atoms with Crippen molar-refractivity contribution in [3.05, 3.63) is 0 Å². The Morgan fingerprint density at radius 1 is 0.795 bits per heavy atom. The average Bonchev–Trinajstić information content (AvgIpc) is 3.38. The Labute approximate surface area is 262 Å². The van der Waals surface area contributed by atoms with Gasteiger partial charge < -0.3 is 44.5 Å². The van der Waals surface area contributed by atoms with Gasteiger partial charge in [0.1, 0.15) is 24.4 Å². The fraction of sp³-hybridized carbons (Fsp3) is 1.00. The summed E-state index contributed by atoms with van der Waals surface area (Å²) in [5.41, 5.74) is -1.28. The lowest BCUT2D eigenvalue weighted by Gasteiger charge is -2.64. The average molecular weight is 621 g/mol. The molecule has 0 amide bonds. The molecule has 2 bridgehead atoms. The first-order valence-corrected chi connectivity index (χ1v) is 17.4. The van der Waals surface area contributed by atoms with Gasteiger partial charge in [-0.15, -0.1) is 0 Å². The molecule has 3 aliphatic heterocycles. The Hall–Kier alpha value is -0.360. The van der Waals surface area contributed by atoms with Crippen LogP contribution in [0.1, 0.15) is 99.8 Å². The number of rotatable bonds is 3. The number of hydrogen-bond acceptors (Lipinski definition) is 9. The Morgan fingerprint density at radius 2 is 1.52 bits per heavy atom. The topological polar surface area (TPSA) is 138 Å². The van der Waals surface area contributed by atoms with Gasteiger partial charge in [0.2, 0.25) is 0 Å². The lowest BCUT2D eigenvalue weighted by molar-refractivity contribution is -0.304. The summed E-state index contributed by atoms with van der Waals surface area (Å²) >= 11 is 0. The Kier molecular flexibility index (Phi) is 6.33. The van der Waals surface area contributed by atoms with Crippen LogP contribution < -0.4 is 0 Å². The molecule has 5 saturated carbocycles. The third-order valence-electron chi connectivity index (χ3n) is 15.7. The third kappa shape index (κ3) is 3.53. The van der Waals surface area contributed by atoms with E-state index < -0.39 is 42.1 Å². The van der Waals surface area contributed by atoms with Gasteiger partial charge in [-0.05, 0) is 104 Å². The van der Waals surface area contributed by atoms with Crippen LogP contribution in [0.15, 0.2) is 0 Å². The first-order chi connectivity index (χ1) is 20.4. The second-order valence-corrected chi connectivity index (χ2v) is 18.4. The maximum Gasteiger partial charge on any atom is 0.186 e. The highest BCUT2D eigenvalue weighted by Crippen LogP contribution is 2.90. The molecule has 9 heteroatoms. The summed E-state index contributed by atoms with van der Waals surface area (Å²) in [6.45, 7) is 15.4. The Balaban J connectivity index is 1.10. The van der Waals surface area contributed by atoms with Crippen LogP contribution in [0.2, 0.25) is 0 Å². The van der Waals surface area contributed by atoms with Crippen LogP contribution in [0.4, 0.5) is 0 Å². The smallest absolute Gasteiger partial charge is 0.186 e. The van der Waals surface area contributed by atoms with Crippen molar-refractivity contribution >= 4 is 0 Å². The van der Waals surface area contributed by atoms with Crippen LogP contribution in [0.3, 0.4) is 0 Å². The molecule has 0 aromatic rings. The highest BCUT2D eigenvalue weighted by atomic mass is 16.8. The molecule has 3 heterocycles. The second kappa shape index (κ2) is 9.00. The summed E-state index contributed by atoms with van der Waals surface area (Å²) in [4.78, 5) is 0. The van der Waals surface area contributed by atoms with Crippen LogP contribution in [0, 0.1) is 50.7 Å². The molecule has 250 valence electrons. The van der Waals surface area contributed by atoms with Gasteiger partial charge >= 0.3 is 0 Å². The number of aliphatic hydroxyl groups is 5. The van der Waals surface area contributed by atoms with Crippen molar-refractivity contribution in [3.63, 3.8) is 0 Å². The third-order valence-corrected chi connectivity index (χ3v) is 15.7.